The first-order chi connectivity index (χ1) is 12.8. The second kappa shape index (κ2) is 7.08. The molecule has 0 bridgehead atoms. The highest BCUT2D eigenvalue weighted by Crippen LogP contribution is 2.39. The first-order valence-corrected chi connectivity index (χ1v) is 7.77. The van der Waals surface area contributed by atoms with Crippen molar-refractivity contribution in [1.29, 1.82) is 0 Å². The Kier molecular flexibility index (Phi) is 4.67. The molecule has 3 aromatic carbocycles. The second-order valence-corrected chi connectivity index (χ2v) is 5.68. The fourth-order valence-electron chi connectivity index (χ4n) is 2.49. The first kappa shape index (κ1) is 17.8. The minimum atomic E-state index is -0.638. The number of carbonyl (C=O) groups excluding carboxylic acids is 1. The smallest absolute Gasteiger partial charge is 0.273 e. The van der Waals surface area contributed by atoms with Gasteiger partial charge in [0.1, 0.15) is 22.9 Å². The Bertz CT molecular complexity index is 1090. The molecule has 0 spiro atoms. The molecule has 9 nitrogen and oxygen atoms in total. The molecule has 0 saturated carbocycles. The van der Waals surface area contributed by atoms with Gasteiger partial charge in [0.2, 0.25) is 5.91 Å². The van der Waals surface area contributed by atoms with Crippen LogP contribution < -0.4 is 5.32 Å². The maximum absolute atomic E-state index is 11.2. The Labute approximate surface area is 152 Å². The number of nitrogens with one attached hydrogen (secondary N) is 1. The summed E-state index contributed by atoms with van der Waals surface area (Å²) in [5.41, 5.74) is 0.391. The molecule has 0 saturated heterocycles. The van der Waals surface area contributed by atoms with Crippen molar-refractivity contribution in [3.05, 3.63) is 58.6 Å². The third kappa shape index (κ3) is 3.82. The average molecular weight is 366 g/mol. The van der Waals surface area contributed by atoms with E-state index in [2.05, 4.69) is 15.5 Å². The average Bonchev–Trinajstić information content (AvgIpc) is 2.61. The summed E-state index contributed by atoms with van der Waals surface area (Å²) in [5, 5.41) is 42.6. The van der Waals surface area contributed by atoms with Gasteiger partial charge in [-0.15, -0.1) is 10.2 Å². The van der Waals surface area contributed by atoms with Crippen LogP contribution in [0.4, 0.5) is 22.7 Å². The Morgan fingerprint density at radius 1 is 1.04 bits per heavy atom. The number of carbonyl (C=O) groups is 1. The second-order valence-electron chi connectivity index (χ2n) is 5.68. The van der Waals surface area contributed by atoms with Crippen LogP contribution in [-0.4, -0.2) is 21.0 Å². The number of nitrogens with zero attached hydrogens (tertiary/aromatic N) is 3. The van der Waals surface area contributed by atoms with E-state index in [-0.39, 0.29) is 28.7 Å². The number of hydrogen-bond acceptors (Lipinski definition) is 7. The number of fused-ring (bicyclic) bond motifs is 1. The SMILES string of the molecule is CC(=O)Nc1ccc2ccc(O)c(N=Nc3ccc([N+](=O)[O-])cc3O)c2c1. The van der Waals surface area contributed by atoms with Crippen LogP contribution in [0, 0.1) is 10.1 Å². The highest BCUT2D eigenvalue weighted by atomic mass is 16.6. The quantitative estimate of drug-likeness (QED) is 0.354. The summed E-state index contributed by atoms with van der Waals surface area (Å²) in [5.74, 6) is -0.798. The molecule has 9 heteroatoms. The highest BCUT2D eigenvalue weighted by Gasteiger charge is 2.11. The monoisotopic (exact) mass is 366 g/mol. The minimum Gasteiger partial charge on any atom is -0.506 e. The Morgan fingerprint density at radius 2 is 1.78 bits per heavy atom. The lowest BCUT2D eigenvalue weighted by Crippen LogP contribution is -2.05. The topological polar surface area (TPSA) is 137 Å². The van der Waals surface area contributed by atoms with Gasteiger partial charge in [0.05, 0.1) is 11.0 Å². The van der Waals surface area contributed by atoms with Gasteiger partial charge in [-0.25, -0.2) is 0 Å². The summed E-state index contributed by atoms with van der Waals surface area (Å²) in [6, 6.07) is 11.6. The van der Waals surface area contributed by atoms with E-state index >= 15 is 0 Å². The normalized spacial score (nSPS) is 11.0. The molecular formula is C18H14N4O5. The van der Waals surface area contributed by atoms with Gasteiger partial charge >= 0.3 is 0 Å². The summed E-state index contributed by atoms with van der Waals surface area (Å²) < 4.78 is 0. The van der Waals surface area contributed by atoms with Crippen LogP contribution in [0.15, 0.2) is 58.8 Å². The number of hydrogen-bond donors (Lipinski definition) is 3. The van der Waals surface area contributed by atoms with Gasteiger partial charge in [-0.3, -0.25) is 14.9 Å². The van der Waals surface area contributed by atoms with Crippen molar-refractivity contribution in [1.82, 2.24) is 0 Å². The van der Waals surface area contributed by atoms with E-state index in [1.807, 2.05) is 0 Å². The molecule has 0 unspecified atom stereocenters. The molecule has 3 N–H and O–H groups in total. The van der Waals surface area contributed by atoms with E-state index in [4.69, 9.17) is 0 Å². The lowest BCUT2D eigenvalue weighted by molar-refractivity contribution is -0.384. The Hall–Kier alpha value is -4.01. The van der Waals surface area contributed by atoms with E-state index in [1.165, 1.54) is 25.1 Å². The molecule has 0 radical (unpaired) electrons. The number of rotatable bonds is 4. The van der Waals surface area contributed by atoms with Gasteiger partial charge in [-0.05, 0) is 29.7 Å². The number of non-ortho nitro benzene ring substituents is 1. The zero-order chi connectivity index (χ0) is 19.6. The van der Waals surface area contributed by atoms with E-state index in [0.717, 1.165) is 11.5 Å². The maximum atomic E-state index is 11.2. The predicted octanol–water partition coefficient (Wildman–Crippen LogP) is 4.53. The fraction of sp³-hybridized carbons (Fsp3) is 0.0556. The number of nitro benzene ring substituents is 1. The number of anilines is 1. The molecule has 3 aromatic rings. The van der Waals surface area contributed by atoms with Gasteiger partial charge in [0.15, 0.2) is 0 Å². The van der Waals surface area contributed by atoms with E-state index in [0.29, 0.717) is 11.1 Å². The largest absolute Gasteiger partial charge is 0.506 e. The molecule has 27 heavy (non-hydrogen) atoms. The van der Waals surface area contributed by atoms with E-state index < -0.39 is 10.7 Å². The summed E-state index contributed by atoms with van der Waals surface area (Å²) in [7, 11) is 0. The third-order valence-corrected chi connectivity index (χ3v) is 3.72. The molecule has 0 aromatic heterocycles. The van der Waals surface area contributed by atoms with Crippen LogP contribution in [0.3, 0.4) is 0 Å². The zero-order valence-corrected chi connectivity index (χ0v) is 14.1. The molecule has 0 fully saturated rings. The number of phenolic OH excluding ortho intramolecular Hbond substituents is 2. The summed E-state index contributed by atoms with van der Waals surface area (Å²) >= 11 is 0. The third-order valence-electron chi connectivity index (χ3n) is 3.72. The number of aromatic hydroxyl groups is 2. The van der Waals surface area contributed by atoms with Crippen molar-refractivity contribution < 1.29 is 19.9 Å². The number of nitro groups is 1. The molecule has 3 rings (SSSR count). The number of phenols is 2. The zero-order valence-electron chi connectivity index (χ0n) is 14.1. The van der Waals surface area contributed by atoms with E-state index in [9.17, 15) is 25.1 Å². The minimum absolute atomic E-state index is 0.00928. The highest BCUT2D eigenvalue weighted by molar-refractivity contribution is 5.99. The molecule has 0 aliphatic rings. The molecule has 1 amide bonds. The molecule has 136 valence electrons. The van der Waals surface area contributed by atoms with Gasteiger partial charge < -0.3 is 15.5 Å². The standard InChI is InChI=1S/C18H14N4O5/c1-10(23)19-12-4-2-11-3-7-16(24)18(14(11)8-12)21-20-15-6-5-13(22(26)27)9-17(15)25/h2-9,24-25H,1H3,(H,19,23). The van der Waals surface area contributed by atoms with Crippen molar-refractivity contribution in [2.75, 3.05) is 5.32 Å². The van der Waals surface area contributed by atoms with Crippen LogP contribution in [0.5, 0.6) is 11.5 Å². The van der Waals surface area contributed by atoms with E-state index in [1.54, 1.807) is 24.3 Å². The van der Waals surface area contributed by atoms with Gasteiger partial charge in [0.25, 0.3) is 5.69 Å². The number of benzene rings is 3. The van der Waals surface area contributed by atoms with Crippen molar-refractivity contribution in [2.24, 2.45) is 10.2 Å². The van der Waals surface area contributed by atoms with Crippen LogP contribution in [0.1, 0.15) is 6.92 Å². The first-order valence-electron chi connectivity index (χ1n) is 7.77. The molecule has 0 heterocycles. The summed E-state index contributed by atoms with van der Waals surface area (Å²) in [4.78, 5) is 21.3. The lowest BCUT2D eigenvalue weighted by Gasteiger charge is -2.07. The Balaban J connectivity index is 2.05. The van der Waals surface area contributed by atoms with Crippen LogP contribution in [-0.2, 0) is 4.79 Å². The van der Waals surface area contributed by atoms with Crippen LogP contribution >= 0.6 is 0 Å². The molecule has 0 atom stereocenters. The Morgan fingerprint density at radius 3 is 2.44 bits per heavy atom. The van der Waals surface area contributed by atoms with Crippen LogP contribution in [0.2, 0.25) is 0 Å². The van der Waals surface area contributed by atoms with Crippen molar-refractivity contribution in [3.63, 3.8) is 0 Å². The predicted molar refractivity (Wildman–Crippen MR) is 98.9 cm³/mol. The van der Waals surface area contributed by atoms with Crippen molar-refractivity contribution in [2.45, 2.75) is 6.92 Å². The molecular weight excluding hydrogens is 352 g/mol. The lowest BCUT2D eigenvalue weighted by atomic mass is 10.1. The van der Waals surface area contributed by atoms with Crippen LogP contribution in [0.25, 0.3) is 10.8 Å². The van der Waals surface area contributed by atoms with Gasteiger partial charge in [0, 0.05) is 24.1 Å². The van der Waals surface area contributed by atoms with Gasteiger partial charge in [-0.2, -0.15) is 0 Å². The summed E-state index contributed by atoms with van der Waals surface area (Å²) in [6.45, 7) is 1.38. The maximum Gasteiger partial charge on any atom is 0.273 e. The summed E-state index contributed by atoms with van der Waals surface area (Å²) in [6.07, 6.45) is 0. The van der Waals surface area contributed by atoms with Crippen molar-refractivity contribution >= 4 is 39.4 Å². The number of azo groups is 1. The number of amides is 1. The molecule has 0 aliphatic heterocycles. The van der Waals surface area contributed by atoms with Gasteiger partial charge in [-0.1, -0.05) is 12.1 Å². The fourth-order valence-corrected chi connectivity index (χ4v) is 2.49. The van der Waals surface area contributed by atoms with Crippen molar-refractivity contribution in [3.8, 4) is 11.5 Å². The molecule has 0 aliphatic carbocycles.